The Morgan fingerprint density at radius 3 is 2.67 bits per heavy atom. The fourth-order valence-corrected chi connectivity index (χ4v) is 3.34. The van der Waals surface area contributed by atoms with Crippen molar-refractivity contribution >= 4 is 35.3 Å². The van der Waals surface area contributed by atoms with E-state index in [2.05, 4.69) is 20.7 Å². The summed E-state index contributed by atoms with van der Waals surface area (Å²) in [6.45, 7) is 0. The number of carbonyl (C=O) groups is 2. The number of halogens is 1. The van der Waals surface area contributed by atoms with E-state index in [1.807, 2.05) is 12.1 Å². The highest BCUT2D eigenvalue weighted by Crippen LogP contribution is 2.31. The number of amides is 2. The molecule has 154 valence electrons. The van der Waals surface area contributed by atoms with Crippen molar-refractivity contribution < 1.29 is 19.1 Å². The minimum Gasteiger partial charge on any atom is -0.497 e. The lowest BCUT2D eigenvalue weighted by atomic mass is 10.0. The number of hydrogen-bond acceptors (Lipinski definition) is 6. The van der Waals surface area contributed by atoms with Crippen molar-refractivity contribution in [2.24, 2.45) is 0 Å². The molecule has 2 amide bonds. The summed E-state index contributed by atoms with van der Waals surface area (Å²) in [6.07, 6.45) is 0.192. The summed E-state index contributed by atoms with van der Waals surface area (Å²) in [4.78, 5) is 29.1. The molecule has 0 fully saturated rings. The molecule has 0 bridgehead atoms. The molecule has 1 aromatic heterocycles. The number of benzene rings is 2. The molecule has 10 heteroatoms. The summed E-state index contributed by atoms with van der Waals surface area (Å²) in [7, 11) is 2.99. The smallest absolute Gasteiger partial charge is 0.261 e. The topological polar surface area (TPSA) is 107 Å². The third-order valence-corrected chi connectivity index (χ3v) is 4.94. The van der Waals surface area contributed by atoms with Gasteiger partial charge < -0.3 is 9.47 Å². The third-order valence-electron chi connectivity index (χ3n) is 4.69. The molecular weight excluding hydrogens is 410 g/mol. The second kappa shape index (κ2) is 8.03. The first-order valence-electron chi connectivity index (χ1n) is 9.03. The Labute approximate surface area is 177 Å². The Morgan fingerprint density at radius 2 is 1.97 bits per heavy atom. The van der Waals surface area contributed by atoms with E-state index in [-0.39, 0.29) is 30.3 Å². The maximum Gasteiger partial charge on any atom is 0.261 e. The first-order chi connectivity index (χ1) is 14.5. The van der Waals surface area contributed by atoms with E-state index in [0.717, 1.165) is 5.56 Å². The number of hydrogen-bond donors (Lipinski definition) is 2. The number of rotatable bonds is 5. The van der Waals surface area contributed by atoms with E-state index in [1.54, 1.807) is 35.0 Å². The van der Waals surface area contributed by atoms with Crippen LogP contribution in [0.1, 0.15) is 28.4 Å². The van der Waals surface area contributed by atoms with Crippen LogP contribution in [0.5, 0.6) is 11.5 Å². The number of anilines is 2. The minimum atomic E-state index is -0.452. The van der Waals surface area contributed by atoms with Gasteiger partial charge in [-0.05, 0) is 29.8 Å². The summed E-state index contributed by atoms with van der Waals surface area (Å²) in [5.41, 5.74) is 1.15. The van der Waals surface area contributed by atoms with Gasteiger partial charge in [0.05, 0.1) is 32.2 Å². The van der Waals surface area contributed by atoms with Crippen molar-refractivity contribution in [3.05, 3.63) is 58.6 Å². The van der Waals surface area contributed by atoms with Crippen LogP contribution in [-0.4, -0.2) is 40.8 Å². The highest BCUT2D eigenvalue weighted by molar-refractivity contribution is 6.30. The van der Waals surface area contributed by atoms with E-state index in [4.69, 9.17) is 21.1 Å². The Balaban J connectivity index is 1.62. The van der Waals surface area contributed by atoms with Crippen LogP contribution in [0.3, 0.4) is 0 Å². The van der Waals surface area contributed by atoms with E-state index >= 15 is 0 Å². The van der Waals surface area contributed by atoms with Crippen molar-refractivity contribution in [2.75, 3.05) is 24.9 Å². The van der Waals surface area contributed by atoms with Crippen LogP contribution in [0.4, 0.5) is 11.9 Å². The molecule has 3 aromatic rings. The molecule has 0 radical (unpaired) electrons. The SMILES string of the molecule is COc1ccc(C(=O)Nc2nc3n(n2)[C@H](c2ccc(Cl)cc2)CC(=O)N3)c(OC)c1. The van der Waals surface area contributed by atoms with Crippen molar-refractivity contribution in [1.29, 1.82) is 0 Å². The van der Waals surface area contributed by atoms with E-state index in [0.29, 0.717) is 22.1 Å². The van der Waals surface area contributed by atoms with Crippen LogP contribution in [-0.2, 0) is 4.79 Å². The van der Waals surface area contributed by atoms with Crippen molar-refractivity contribution in [3.63, 3.8) is 0 Å². The van der Waals surface area contributed by atoms with Crippen LogP contribution in [0.25, 0.3) is 0 Å². The lowest BCUT2D eigenvalue weighted by Gasteiger charge is -2.23. The summed E-state index contributed by atoms with van der Waals surface area (Å²) in [5, 5.41) is 10.3. The van der Waals surface area contributed by atoms with Gasteiger partial charge in [-0.25, -0.2) is 4.68 Å². The molecule has 0 saturated carbocycles. The molecule has 0 saturated heterocycles. The molecule has 1 aliphatic rings. The van der Waals surface area contributed by atoms with Gasteiger partial charge in [-0.2, -0.15) is 4.98 Å². The highest BCUT2D eigenvalue weighted by Gasteiger charge is 2.29. The summed E-state index contributed by atoms with van der Waals surface area (Å²) in [5.74, 6) is 0.587. The zero-order chi connectivity index (χ0) is 21.3. The van der Waals surface area contributed by atoms with Gasteiger partial charge >= 0.3 is 0 Å². The van der Waals surface area contributed by atoms with Gasteiger partial charge in [-0.3, -0.25) is 20.2 Å². The number of carbonyl (C=O) groups excluding carboxylic acids is 2. The number of aromatic nitrogens is 3. The molecule has 0 unspecified atom stereocenters. The maximum absolute atomic E-state index is 12.7. The second-order valence-electron chi connectivity index (χ2n) is 6.54. The third kappa shape index (κ3) is 3.79. The minimum absolute atomic E-state index is 0.0639. The molecular formula is C20H18ClN5O4. The monoisotopic (exact) mass is 427 g/mol. The molecule has 1 aliphatic heterocycles. The molecule has 2 heterocycles. The lowest BCUT2D eigenvalue weighted by Crippen LogP contribution is -2.29. The molecule has 2 N–H and O–H groups in total. The van der Waals surface area contributed by atoms with Crippen LogP contribution >= 0.6 is 11.6 Å². The standard InChI is InChI=1S/C20H18ClN5O4/c1-29-13-7-8-14(16(9-13)30-2)18(28)23-19-24-20-22-17(27)10-15(26(20)25-19)11-3-5-12(21)6-4-11/h3-9,15H,10H2,1-2H3,(H2,22,23,24,25,27,28)/t15-/m0/s1. The van der Waals surface area contributed by atoms with Crippen molar-refractivity contribution in [3.8, 4) is 11.5 Å². The normalized spacial score (nSPS) is 15.2. The molecule has 2 aromatic carbocycles. The van der Waals surface area contributed by atoms with Crippen molar-refractivity contribution in [2.45, 2.75) is 12.5 Å². The molecule has 0 aliphatic carbocycles. The van der Waals surface area contributed by atoms with Gasteiger partial charge in [-0.1, -0.05) is 23.7 Å². The lowest BCUT2D eigenvalue weighted by molar-refractivity contribution is -0.117. The molecule has 30 heavy (non-hydrogen) atoms. The predicted octanol–water partition coefficient (Wildman–Crippen LogP) is 3.13. The van der Waals surface area contributed by atoms with Crippen LogP contribution in [0.2, 0.25) is 5.02 Å². The highest BCUT2D eigenvalue weighted by atomic mass is 35.5. The van der Waals surface area contributed by atoms with E-state index in [1.165, 1.54) is 14.2 Å². The van der Waals surface area contributed by atoms with Gasteiger partial charge in [-0.15, -0.1) is 5.10 Å². The number of nitrogens with zero attached hydrogens (tertiary/aromatic N) is 3. The number of nitrogens with one attached hydrogen (secondary N) is 2. The van der Waals surface area contributed by atoms with Gasteiger partial charge in [0.25, 0.3) is 11.9 Å². The van der Waals surface area contributed by atoms with Crippen LogP contribution in [0, 0.1) is 0 Å². The Kier molecular flexibility index (Phi) is 5.28. The molecule has 4 rings (SSSR count). The van der Waals surface area contributed by atoms with Gasteiger partial charge in [0.15, 0.2) is 0 Å². The second-order valence-corrected chi connectivity index (χ2v) is 6.98. The Bertz CT molecular complexity index is 1110. The first kappa shape index (κ1) is 19.7. The Hall–Kier alpha value is -3.59. The van der Waals surface area contributed by atoms with E-state index < -0.39 is 5.91 Å². The predicted molar refractivity (Wildman–Crippen MR) is 110 cm³/mol. The Morgan fingerprint density at radius 1 is 1.20 bits per heavy atom. The average Bonchev–Trinajstić information content (AvgIpc) is 3.15. The fraction of sp³-hybridized carbons (Fsp3) is 0.200. The fourth-order valence-electron chi connectivity index (χ4n) is 3.22. The molecule has 9 nitrogen and oxygen atoms in total. The van der Waals surface area contributed by atoms with Gasteiger partial charge in [0, 0.05) is 11.1 Å². The number of fused-ring (bicyclic) bond motifs is 1. The maximum atomic E-state index is 12.7. The quantitative estimate of drug-likeness (QED) is 0.647. The van der Waals surface area contributed by atoms with Crippen LogP contribution in [0.15, 0.2) is 42.5 Å². The van der Waals surface area contributed by atoms with Crippen molar-refractivity contribution in [1.82, 2.24) is 14.8 Å². The first-order valence-corrected chi connectivity index (χ1v) is 9.41. The van der Waals surface area contributed by atoms with Crippen LogP contribution < -0.4 is 20.1 Å². The van der Waals surface area contributed by atoms with E-state index in [9.17, 15) is 9.59 Å². The largest absolute Gasteiger partial charge is 0.497 e. The number of methoxy groups -OCH3 is 2. The zero-order valence-electron chi connectivity index (χ0n) is 16.2. The summed E-state index contributed by atoms with van der Waals surface area (Å²) in [6, 6.07) is 11.6. The summed E-state index contributed by atoms with van der Waals surface area (Å²) >= 11 is 5.96. The average molecular weight is 428 g/mol. The zero-order valence-corrected chi connectivity index (χ0v) is 16.9. The van der Waals surface area contributed by atoms with Gasteiger partial charge in [0.1, 0.15) is 11.5 Å². The number of ether oxygens (including phenoxy) is 2. The molecule has 0 spiro atoms. The molecule has 1 atom stereocenters. The summed E-state index contributed by atoms with van der Waals surface area (Å²) < 4.78 is 12.0. The van der Waals surface area contributed by atoms with Gasteiger partial charge in [0.2, 0.25) is 11.9 Å².